The van der Waals surface area contributed by atoms with Gasteiger partial charge in [-0.15, -0.1) is 0 Å². The number of amides is 2. The van der Waals surface area contributed by atoms with Gasteiger partial charge in [-0.3, -0.25) is 9.59 Å². The van der Waals surface area contributed by atoms with Crippen LogP contribution in [0.15, 0.2) is 30.3 Å². The van der Waals surface area contributed by atoms with Gasteiger partial charge < -0.3 is 10.2 Å². The second kappa shape index (κ2) is 5.17. The first-order valence-electron chi connectivity index (χ1n) is 7.67. The molecule has 2 aliphatic rings. The summed E-state index contributed by atoms with van der Waals surface area (Å²) in [7, 11) is 0. The summed E-state index contributed by atoms with van der Waals surface area (Å²) < 4.78 is 0. The minimum atomic E-state index is -0.813. The van der Waals surface area contributed by atoms with Crippen molar-refractivity contribution >= 4 is 11.8 Å². The Morgan fingerprint density at radius 1 is 1.19 bits per heavy atom. The van der Waals surface area contributed by atoms with E-state index in [-0.39, 0.29) is 11.8 Å². The fourth-order valence-electron chi connectivity index (χ4n) is 3.16. The first-order chi connectivity index (χ1) is 9.99. The number of carbonyl (C=O) groups is 2. The number of nitrogens with zero attached hydrogens (tertiary/aromatic N) is 1. The fourth-order valence-corrected chi connectivity index (χ4v) is 3.16. The number of carbonyl (C=O) groups excluding carboxylic acids is 2. The summed E-state index contributed by atoms with van der Waals surface area (Å²) in [4.78, 5) is 27.1. The maximum absolute atomic E-state index is 12.8. The van der Waals surface area contributed by atoms with Crippen LogP contribution in [0.5, 0.6) is 0 Å². The van der Waals surface area contributed by atoms with E-state index in [0.717, 1.165) is 18.4 Å². The topological polar surface area (TPSA) is 49.4 Å². The van der Waals surface area contributed by atoms with Gasteiger partial charge in [0, 0.05) is 6.54 Å². The van der Waals surface area contributed by atoms with Crippen LogP contribution in [0, 0.1) is 5.92 Å². The predicted octanol–water partition coefficient (Wildman–Crippen LogP) is 2.26. The summed E-state index contributed by atoms with van der Waals surface area (Å²) in [5.74, 6) is 0.481. The molecule has 1 aliphatic carbocycles. The molecular formula is C17H22N2O2. The summed E-state index contributed by atoms with van der Waals surface area (Å²) in [6.45, 7) is 4.25. The molecule has 2 fully saturated rings. The van der Waals surface area contributed by atoms with Crippen molar-refractivity contribution in [3.05, 3.63) is 35.9 Å². The first-order valence-corrected chi connectivity index (χ1v) is 7.67. The van der Waals surface area contributed by atoms with E-state index in [2.05, 4.69) is 5.32 Å². The van der Waals surface area contributed by atoms with Gasteiger partial charge in [0.2, 0.25) is 11.8 Å². The molecule has 0 spiro atoms. The lowest BCUT2D eigenvalue weighted by atomic mass is 9.83. The van der Waals surface area contributed by atoms with Gasteiger partial charge >= 0.3 is 0 Å². The third kappa shape index (κ3) is 2.55. The van der Waals surface area contributed by atoms with Gasteiger partial charge in [0.15, 0.2) is 0 Å². The average molecular weight is 286 g/mol. The Balaban J connectivity index is 1.93. The fraction of sp³-hybridized carbons (Fsp3) is 0.529. The van der Waals surface area contributed by atoms with Gasteiger partial charge in [-0.25, -0.2) is 0 Å². The number of rotatable bonds is 3. The zero-order valence-electron chi connectivity index (χ0n) is 12.6. The number of hydrogen-bond acceptors (Lipinski definition) is 2. The molecule has 1 aliphatic heterocycles. The highest BCUT2D eigenvalue weighted by Crippen LogP contribution is 2.34. The molecule has 2 amide bonds. The molecule has 4 nitrogen and oxygen atoms in total. The molecule has 1 aromatic rings. The molecule has 4 heteroatoms. The van der Waals surface area contributed by atoms with Gasteiger partial charge in [-0.1, -0.05) is 36.8 Å². The van der Waals surface area contributed by atoms with E-state index in [9.17, 15) is 9.59 Å². The van der Waals surface area contributed by atoms with Crippen LogP contribution < -0.4 is 5.32 Å². The van der Waals surface area contributed by atoms with Crippen molar-refractivity contribution in [3.63, 3.8) is 0 Å². The van der Waals surface area contributed by atoms with Crippen LogP contribution >= 0.6 is 0 Å². The third-order valence-electron chi connectivity index (χ3n) is 4.59. The van der Waals surface area contributed by atoms with Crippen LogP contribution in [-0.2, 0) is 9.59 Å². The van der Waals surface area contributed by atoms with Crippen LogP contribution in [0.25, 0.3) is 0 Å². The van der Waals surface area contributed by atoms with Gasteiger partial charge in [0.1, 0.15) is 11.6 Å². The molecule has 0 bridgehead atoms. The molecule has 112 valence electrons. The number of nitrogens with one attached hydrogen (secondary N) is 1. The van der Waals surface area contributed by atoms with Crippen molar-refractivity contribution in [3.8, 4) is 0 Å². The summed E-state index contributed by atoms with van der Waals surface area (Å²) >= 11 is 0. The molecule has 3 rings (SSSR count). The number of benzene rings is 1. The van der Waals surface area contributed by atoms with E-state index in [1.165, 1.54) is 6.42 Å². The van der Waals surface area contributed by atoms with Gasteiger partial charge in [0.05, 0.1) is 0 Å². The standard InChI is InChI=1S/C17H22N2O2/c1-17(2)16(21)19(11-12-7-6-8-12)14(15(20)18-17)13-9-4-3-5-10-13/h3-5,9-10,12,14H,6-8,11H2,1-2H3,(H,18,20). The van der Waals surface area contributed by atoms with E-state index in [0.29, 0.717) is 12.5 Å². The van der Waals surface area contributed by atoms with Crippen molar-refractivity contribution in [2.45, 2.75) is 44.7 Å². The van der Waals surface area contributed by atoms with Crippen LogP contribution in [0.1, 0.15) is 44.7 Å². The van der Waals surface area contributed by atoms with Crippen LogP contribution in [0.4, 0.5) is 0 Å². The maximum Gasteiger partial charge on any atom is 0.248 e. The van der Waals surface area contributed by atoms with E-state index in [4.69, 9.17) is 0 Å². The monoisotopic (exact) mass is 286 g/mol. The van der Waals surface area contributed by atoms with E-state index in [1.54, 1.807) is 18.7 Å². The van der Waals surface area contributed by atoms with Crippen LogP contribution in [0.3, 0.4) is 0 Å². The second-order valence-electron chi connectivity index (χ2n) is 6.68. The van der Waals surface area contributed by atoms with Crippen molar-refractivity contribution in [1.82, 2.24) is 10.2 Å². The predicted molar refractivity (Wildman–Crippen MR) is 80.5 cm³/mol. The summed E-state index contributed by atoms with van der Waals surface area (Å²) in [6.07, 6.45) is 3.55. The Kier molecular flexibility index (Phi) is 3.47. The van der Waals surface area contributed by atoms with E-state index >= 15 is 0 Å². The van der Waals surface area contributed by atoms with E-state index < -0.39 is 11.6 Å². The number of piperazine rings is 1. The molecule has 1 N–H and O–H groups in total. The Morgan fingerprint density at radius 3 is 2.43 bits per heavy atom. The normalized spacial score (nSPS) is 25.4. The lowest BCUT2D eigenvalue weighted by molar-refractivity contribution is -0.155. The van der Waals surface area contributed by atoms with Crippen molar-refractivity contribution < 1.29 is 9.59 Å². The average Bonchev–Trinajstić information content (AvgIpc) is 2.39. The molecule has 1 atom stereocenters. The van der Waals surface area contributed by atoms with Crippen molar-refractivity contribution in [2.75, 3.05) is 6.54 Å². The molecule has 21 heavy (non-hydrogen) atoms. The molecule has 0 aromatic heterocycles. The van der Waals surface area contributed by atoms with Crippen LogP contribution in [-0.4, -0.2) is 28.8 Å². The minimum absolute atomic E-state index is 0.0165. The second-order valence-corrected chi connectivity index (χ2v) is 6.68. The minimum Gasteiger partial charge on any atom is -0.340 e. The summed E-state index contributed by atoms with van der Waals surface area (Å²) in [5.41, 5.74) is 0.0738. The smallest absolute Gasteiger partial charge is 0.248 e. The zero-order valence-corrected chi connectivity index (χ0v) is 12.6. The highest BCUT2D eigenvalue weighted by Gasteiger charge is 2.46. The summed E-state index contributed by atoms with van der Waals surface area (Å²) in [6, 6.07) is 9.09. The Hall–Kier alpha value is -1.84. The highest BCUT2D eigenvalue weighted by atomic mass is 16.2. The molecule has 0 radical (unpaired) electrons. The molecule has 1 aromatic carbocycles. The number of hydrogen-bond donors (Lipinski definition) is 1. The Labute approximate surface area is 125 Å². The highest BCUT2D eigenvalue weighted by molar-refractivity contribution is 5.99. The molecule has 1 unspecified atom stereocenters. The lowest BCUT2D eigenvalue weighted by Crippen LogP contribution is -2.65. The van der Waals surface area contributed by atoms with Crippen LogP contribution in [0.2, 0.25) is 0 Å². The molecular weight excluding hydrogens is 264 g/mol. The third-order valence-corrected chi connectivity index (χ3v) is 4.59. The lowest BCUT2D eigenvalue weighted by Gasteiger charge is -2.45. The zero-order chi connectivity index (χ0) is 15.0. The Bertz CT molecular complexity index is 549. The van der Waals surface area contributed by atoms with Crippen molar-refractivity contribution in [1.29, 1.82) is 0 Å². The van der Waals surface area contributed by atoms with Gasteiger partial charge in [0.25, 0.3) is 0 Å². The quantitative estimate of drug-likeness (QED) is 0.926. The first kappa shape index (κ1) is 14.1. The maximum atomic E-state index is 12.8. The van der Waals surface area contributed by atoms with Gasteiger partial charge in [-0.2, -0.15) is 0 Å². The Morgan fingerprint density at radius 2 is 1.86 bits per heavy atom. The molecule has 1 saturated carbocycles. The van der Waals surface area contributed by atoms with E-state index in [1.807, 2.05) is 30.3 Å². The summed E-state index contributed by atoms with van der Waals surface area (Å²) in [5, 5.41) is 2.86. The van der Waals surface area contributed by atoms with Gasteiger partial charge in [-0.05, 0) is 38.2 Å². The largest absolute Gasteiger partial charge is 0.340 e. The molecule has 1 heterocycles. The molecule has 1 saturated heterocycles. The SMILES string of the molecule is CC1(C)NC(=O)C(c2ccccc2)N(CC2CCC2)C1=O. The van der Waals surface area contributed by atoms with Crippen molar-refractivity contribution in [2.24, 2.45) is 5.92 Å².